The molecule has 41 heavy (non-hydrogen) atoms. The van der Waals surface area contributed by atoms with E-state index in [1.807, 2.05) is 17.0 Å². The number of aromatic amines is 1. The number of hydrogen-bond donors (Lipinski definition) is 3. The summed E-state index contributed by atoms with van der Waals surface area (Å²) in [7, 11) is 0. The number of hydrogen-bond acceptors (Lipinski definition) is 7. The minimum absolute atomic E-state index is 0.105. The highest BCUT2D eigenvalue weighted by atomic mass is 19.1. The number of likely N-dealkylation sites (tertiary alicyclic amines) is 1. The van der Waals surface area contributed by atoms with Gasteiger partial charge in [-0.15, -0.1) is 0 Å². The predicted octanol–water partition coefficient (Wildman–Crippen LogP) is 4.76. The second kappa shape index (κ2) is 11.3. The van der Waals surface area contributed by atoms with Crippen molar-refractivity contribution in [1.29, 1.82) is 0 Å². The summed E-state index contributed by atoms with van der Waals surface area (Å²) in [6.07, 6.45) is 7.47. The standard InChI is InChI=1S/C31H33FN6O3/c1-19-15-24(32)23(16-22(19)31(41)38-11-3-2-4-12-38)26-17-27(29-25(35-26)7-10-33-30(29)40)36-28-6-5-20(18-34-28)37-13-8-21(39)9-14-37/h5-7,10,15-18,21,39H,2-4,8-9,11-14H2,1H3,(H,33,40)(H,34,35,36). The third-order valence-electron chi connectivity index (χ3n) is 8.03. The number of benzene rings is 1. The quantitative estimate of drug-likeness (QED) is 0.325. The molecule has 6 rings (SSSR count). The number of nitrogens with zero attached hydrogens (tertiary/aromatic N) is 4. The maximum absolute atomic E-state index is 15.4. The first-order valence-corrected chi connectivity index (χ1v) is 14.2. The number of rotatable bonds is 5. The smallest absolute Gasteiger partial charge is 0.259 e. The van der Waals surface area contributed by atoms with Crippen LogP contribution in [0.5, 0.6) is 0 Å². The van der Waals surface area contributed by atoms with Gasteiger partial charge in [0, 0.05) is 43.5 Å². The van der Waals surface area contributed by atoms with E-state index < -0.39 is 5.82 Å². The summed E-state index contributed by atoms with van der Waals surface area (Å²) in [5.74, 6) is -0.0844. The second-order valence-electron chi connectivity index (χ2n) is 10.9. The molecule has 2 aliphatic heterocycles. The molecule has 0 atom stereocenters. The molecule has 1 amide bonds. The Labute approximate surface area is 237 Å². The highest BCUT2D eigenvalue weighted by molar-refractivity contribution is 5.98. The van der Waals surface area contributed by atoms with Gasteiger partial charge in [0.15, 0.2) is 0 Å². The minimum atomic E-state index is -0.491. The van der Waals surface area contributed by atoms with Crippen molar-refractivity contribution in [2.24, 2.45) is 0 Å². The number of amides is 1. The van der Waals surface area contributed by atoms with Gasteiger partial charge in [0.25, 0.3) is 11.5 Å². The fourth-order valence-electron chi connectivity index (χ4n) is 5.70. The molecule has 0 saturated carbocycles. The number of aliphatic hydroxyl groups excluding tert-OH is 1. The number of anilines is 3. The Morgan fingerprint density at radius 1 is 1.07 bits per heavy atom. The largest absolute Gasteiger partial charge is 0.393 e. The van der Waals surface area contributed by atoms with E-state index in [-0.39, 0.29) is 23.1 Å². The lowest BCUT2D eigenvalue weighted by Crippen LogP contribution is -2.36. The van der Waals surface area contributed by atoms with Gasteiger partial charge in [-0.25, -0.2) is 14.4 Å². The van der Waals surface area contributed by atoms with Crippen molar-refractivity contribution in [3.63, 3.8) is 0 Å². The van der Waals surface area contributed by atoms with Gasteiger partial charge in [-0.05, 0) is 81.0 Å². The number of aryl methyl sites for hydroxylation is 1. The summed E-state index contributed by atoms with van der Waals surface area (Å²) < 4.78 is 15.4. The number of H-pyrrole nitrogens is 1. The predicted molar refractivity (Wildman–Crippen MR) is 157 cm³/mol. The highest BCUT2D eigenvalue weighted by Gasteiger charge is 2.23. The Bertz CT molecular complexity index is 1640. The summed E-state index contributed by atoms with van der Waals surface area (Å²) in [5, 5.41) is 13.4. The van der Waals surface area contributed by atoms with Crippen molar-refractivity contribution in [1.82, 2.24) is 19.9 Å². The number of aliphatic hydroxyl groups is 1. The molecule has 10 heteroatoms. The van der Waals surface area contributed by atoms with E-state index >= 15 is 4.39 Å². The number of carbonyl (C=O) groups excluding carboxylic acids is 1. The van der Waals surface area contributed by atoms with Crippen LogP contribution in [0.15, 0.2) is 53.6 Å². The Hall–Kier alpha value is -4.31. The second-order valence-corrected chi connectivity index (χ2v) is 10.9. The molecule has 0 unspecified atom stereocenters. The third kappa shape index (κ3) is 5.52. The van der Waals surface area contributed by atoms with E-state index in [0.29, 0.717) is 52.3 Å². The van der Waals surface area contributed by atoms with Crippen molar-refractivity contribution in [2.75, 3.05) is 36.4 Å². The summed E-state index contributed by atoms with van der Waals surface area (Å²) >= 11 is 0. The van der Waals surface area contributed by atoms with Crippen molar-refractivity contribution in [3.8, 4) is 11.3 Å². The Kier molecular flexibility index (Phi) is 7.40. The van der Waals surface area contributed by atoms with Crippen LogP contribution in [0.1, 0.15) is 48.0 Å². The number of piperidine rings is 2. The number of nitrogens with one attached hydrogen (secondary N) is 2. The van der Waals surface area contributed by atoms with E-state index in [2.05, 4.69) is 25.2 Å². The van der Waals surface area contributed by atoms with E-state index in [4.69, 9.17) is 0 Å². The first-order chi connectivity index (χ1) is 19.9. The van der Waals surface area contributed by atoms with Gasteiger partial charge < -0.3 is 25.2 Å². The van der Waals surface area contributed by atoms with E-state index in [9.17, 15) is 14.7 Å². The lowest BCUT2D eigenvalue weighted by atomic mass is 9.99. The zero-order valence-electron chi connectivity index (χ0n) is 23.0. The molecule has 0 radical (unpaired) electrons. The molecule has 9 nitrogen and oxygen atoms in total. The van der Waals surface area contributed by atoms with E-state index in [0.717, 1.165) is 50.9 Å². The molecule has 2 saturated heterocycles. The van der Waals surface area contributed by atoms with Gasteiger partial charge >= 0.3 is 0 Å². The minimum Gasteiger partial charge on any atom is -0.393 e. The maximum atomic E-state index is 15.4. The topological polar surface area (TPSA) is 114 Å². The van der Waals surface area contributed by atoms with Crippen LogP contribution < -0.4 is 15.8 Å². The van der Waals surface area contributed by atoms with Crippen molar-refractivity contribution >= 4 is 34.0 Å². The Morgan fingerprint density at radius 3 is 2.59 bits per heavy atom. The van der Waals surface area contributed by atoms with Gasteiger partial charge in [0.05, 0.1) is 40.3 Å². The van der Waals surface area contributed by atoms with E-state index in [1.54, 1.807) is 31.3 Å². The third-order valence-corrected chi connectivity index (χ3v) is 8.03. The molecule has 5 heterocycles. The molecule has 3 aromatic heterocycles. The monoisotopic (exact) mass is 556 g/mol. The molecule has 3 N–H and O–H groups in total. The summed E-state index contributed by atoms with van der Waals surface area (Å²) in [6, 6.07) is 10.0. The molecular weight excluding hydrogens is 523 g/mol. The van der Waals surface area contributed by atoms with Crippen LogP contribution in [0, 0.1) is 12.7 Å². The first kappa shape index (κ1) is 26.9. The number of carbonyl (C=O) groups is 1. The summed E-state index contributed by atoms with van der Waals surface area (Å²) in [4.78, 5) is 42.1. The van der Waals surface area contributed by atoms with Crippen LogP contribution >= 0.6 is 0 Å². The summed E-state index contributed by atoms with van der Waals surface area (Å²) in [5.41, 5.74) is 2.96. The van der Waals surface area contributed by atoms with Gasteiger partial charge in [-0.2, -0.15) is 0 Å². The lowest BCUT2D eigenvalue weighted by molar-refractivity contribution is 0.0723. The Balaban J connectivity index is 1.36. The normalized spacial score (nSPS) is 16.3. The van der Waals surface area contributed by atoms with Crippen LogP contribution in [-0.2, 0) is 0 Å². The van der Waals surface area contributed by atoms with Gasteiger partial charge in [-0.1, -0.05) is 0 Å². The SMILES string of the molecule is Cc1cc(F)c(-c2cc(Nc3ccc(N4CCC(O)CC4)cn3)c3c(=O)[nH]ccc3n2)cc1C(=O)N1CCCCC1. The van der Waals surface area contributed by atoms with Crippen molar-refractivity contribution in [3.05, 3.63) is 76.1 Å². The van der Waals surface area contributed by atoms with Crippen molar-refractivity contribution < 1.29 is 14.3 Å². The van der Waals surface area contributed by atoms with Crippen LogP contribution in [0.3, 0.4) is 0 Å². The zero-order valence-corrected chi connectivity index (χ0v) is 23.0. The Morgan fingerprint density at radius 2 is 1.85 bits per heavy atom. The van der Waals surface area contributed by atoms with Crippen LogP contribution in [-0.4, -0.2) is 63.1 Å². The molecular formula is C31H33FN6O3. The molecule has 2 fully saturated rings. The van der Waals surface area contributed by atoms with Crippen LogP contribution in [0.2, 0.25) is 0 Å². The van der Waals surface area contributed by atoms with Gasteiger partial charge in [0.2, 0.25) is 0 Å². The molecule has 0 spiro atoms. The molecule has 0 bridgehead atoms. The lowest BCUT2D eigenvalue weighted by Gasteiger charge is -2.31. The number of halogens is 1. The molecule has 0 aliphatic carbocycles. The van der Waals surface area contributed by atoms with Gasteiger partial charge in [-0.3, -0.25) is 9.59 Å². The molecule has 2 aliphatic rings. The van der Waals surface area contributed by atoms with Crippen LogP contribution in [0.25, 0.3) is 22.2 Å². The average Bonchev–Trinajstić information content (AvgIpc) is 2.98. The molecule has 1 aromatic carbocycles. The van der Waals surface area contributed by atoms with Crippen molar-refractivity contribution in [2.45, 2.75) is 45.1 Å². The number of pyridine rings is 3. The number of aromatic nitrogens is 3. The zero-order chi connectivity index (χ0) is 28.5. The van der Waals surface area contributed by atoms with Crippen LogP contribution in [0.4, 0.5) is 21.6 Å². The average molecular weight is 557 g/mol. The first-order valence-electron chi connectivity index (χ1n) is 14.2. The van der Waals surface area contributed by atoms with E-state index in [1.165, 1.54) is 12.3 Å². The number of fused-ring (bicyclic) bond motifs is 1. The summed E-state index contributed by atoms with van der Waals surface area (Å²) in [6.45, 7) is 4.65. The highest BCUT2D eigenvalue weighted by Crippen LogP contribution is 2.32. The van der Waals surface area contributed by atoms with Gasteiger partial charge in [0.1, 0.15) is 11.6 Å². The molecule has 212 valence electrons. The molecule has 4 aromatic rings. The fourth-order valence-corrected chi connectivity index (χ4v) is 5.70. The fraction of sp³-hybridized carbons (Fsp3) is 0.355. The maximum Gasteiger partial charge on any atom is 0.259 e.